The smallest absolute Gasteiger partial charge is 0.141 e. The van der Waals surface area contributed by atoms with E-state index in [2.05, 4.69) is 42.0 Å². The fourth-order valence-electron chi connectivity index (χ4n) is 3.70. The molecule has 0 spiro atoms. The minimum absolute atomic E-state index is 0.304. The van der Waals surface area contributed by atoms with Crippen LogP contribution in [-0.2, 0) is 11.2 Å². The van der Waals surface area contributed by atoms with E-state index in [0.29, 0.717) is 5.56 Å². The molecule has 4 aromatic rings. The Balaban J connectivity index is 1.93. The van der Waals surface area contributed by atoms with Crippen LogP contribution in [0.3, 0.4) is 0 Å². The van der Waals surface area contributed by atoms with Gasteiger partial charge in [-0.3, -0.25) is 0 Å². The maximum atomic E-state index is 9.11. The highest BCUT2D eigenvalue weighted by Gasteiger charge is 2.24. The van der Waals surface area contributed by atoms with E-state index in [0.717, 1.165) is 39.7 Å². The predicted octanol–water partition coefficient (Wildman–Crippen LogP) is 4.52. The molecule has 0 saturated carbocycles. The number of nitriles is 1. The number of hydrogen-bond acceptors (Lipinski definition) is 3. The SMILES string of the molecule is CCc1cc(C)c2[nH]ccc2c1C(OC)c1nc2ccc(C#N)cc2[nH]1. The second kappa shape index (κ2) is 6.32. The van der Waals surface area contributed by atoms with Gasteiger partial charge < -0.3 is 14.7 Å². The molecule has 0 aliphatic rings. The predicted molar refractivity (Wildman–Crippen MR) is 102 cm³/mol. The van der Waals surface area contributed by atoms with Crippen LogP contribution in [-0.4, -0.2) is 22.1 Å². The maximum absolute atomic E-state index is 9.11. The Bertz CT molecular complexity index is 1150. The minimum atomic E-state index is -0.304. The lowest BCUT2D eigenvalue weighted by Crippen LogP contribution is -2.09. The number of fused-ring (bicyclic) bond motifs is 2. The molecular weight excluding hydrogens is 324 g/mol. The molecule has 2 heterocycles. The number of hydrogen-bond donors (Lipinski definition) is 2. The van der Waals surface area contributed by atoms with Crippen LogP contribution in [0, 0.1) is 18.3 Å². The van der Waals surface area contributed by atoms with Gasteiger partial charge in [-0.05, 0) is 48.7 Å². The molecule has 1 atom stereocenters. The molecule has 2 aromatic carbocycles. The first-order valence-corrected chi connectivity index (χ1v) is 8.68. The summed E-state index contributed by atoms with van der Waals surface area (Å²) in [6.45, 7) is 4.27. The van der Waals surface area contributed by atoms with Crippen LogP contribution < -0.4 is 0 Å². The Morgan fingerprint density at radius 2 is 2.12 bits per heavy atom. The van der Waals surface area contributed by atoms with Gasteiger partial charge in [0.2, 0.25) is 0 Å². The number of aromatic nitrogens is 3. The Morgan fingerprint density at radius 3 is 2.85 bits per heavy atom. The van der Waals surface area contributed by atoms with Crippen LogP contribution in [0.15, 0.2) is 36.5 Å². The average Bonchev–Trinajstić information content (AvgIpc) is 3.30. The van der Waals surface area contributed by atoms with E-state index < -0.39 is 0 Å². The fraction of sp³-hybridized carbons (Fsp3) is 0.238. The van der Waals surface area contributed by atoms with Gasteiger partial charge >= 0.3 is 0 Å². The van der Waals surface area contributed by atoms with Crippen molar-refractivity contribution in [3.63, 3.8) is 0 Å². The Kier molecular flexibility index (Phi) is 3.98. The number of methoxy groups -OCH3 is 1. The lowest BCUT2D eigenvalue weighted by molar-refractivity contribution is 0.130. The summed E-state index contributed by atoms with van der Waals surface area (Å²) in [7, 11) is 1.70. The van der Waals surface area contributed by atoms with E-state index in [4.69, 9.17) is 15.0 Å². The number of nitrogens with one attached hydrogen (secondary N) is 2. The van der Waals surface area contributed by atoms with Gasteiger partial charge in [0.25, 0.3) is 0 Å². The van der Waals surface area contributed by atoms with Crippen molar-refractivity contribution in [3.8, 4) is 6.07 Å². The zero-order valence-electron chi connectivity index (χ0n) is 15.1. The second-order valence-electron chi connectivity index (χ2n) is 6.47. The summed E-state index contributed by atoms with van der Waals surface area (Å²) in [5, 5.41) is 10.3. The second-order valence-corrected chi connectivity index (χ2v) is 6.47. The molecule has 0 aliphatic heterocycles. The molecule has 0 fully saturated rings. The number of H-pyrrole nitrogens is 2. The standard InChI is InChI=1S/C21H20N4O/c1-4-14-9-12(2)19-15(7-8-23-19)18(14)20(26-3)21-24-16-6-5-13(11-22)10-17(16)25-21/h5-10,20,23H,4H2,1-3H3,(H,24,25). The van der Waals surface area contributed by atoms with Crippen LogP contribution in [0.2, 0.25) is 0 Å². The molecular formula is C21H20N4O. The molecule has 0 saturated heterocycles. The number of nitrogens with zero attached hydrogens (tertiary/aromatic N) is 2. The van der Waals surface area contributed by atoms with Gasteiger partial charge in [-0.15, -0.1) is 0 Å². The zero-order chi connectivity index (χ0) is 18.3. The molecule has 0 bridgehead atoms. The van der Waals surface area contributed by atoms with Crippen LogP contribution in [0.1, 0.15) is 41.1 Å². The first kappa shape index (κ1) is 16.4. The highest BCUT2D eigenvalue weighted by Crippen LogP contribution is 2.35. The van der Waals surface area contributed by atoms with Gasteiger partial charge in [0.1, 0.15) is 11.9 Å². The van der Waals surface area contributed by atoms with E-state index >= 15 is 0 Å². The van der Waals surface area contributed by atoms with Crippen molar-refractivity contribution < 1.29 is 4.74 Å². The van der Waals surface area contributed by atoms with E-state index in [1.165, 1.54) is 11.1 Å². The molecule has 4 rings (SSSR count). The van der Waals surface area contributed by atoms with Crippen molar-refractivity contribution in [1.82, 2.24) is 15.0 Å². The third-order valence-electron chi connectivity index (χ3n) is 4.92. The maximum Gasteiger partial charge on any atom is 0.141 e. The van der Waals surface area contributed by atoms with Gasteiger partial charge in [-0.2, -0.15) is 5.26 Å². The third kappa shape index (κ3) is 2.47. The summed E-state index contributed by atoms with van der Waals surface area (Å²) in [6.07, 6.45) is 2.57. The molecule has 2 aromatic heterocycles. The van der Waals surface area contributed by atoms with Gasteiger partial charge in [-0.1, -0.05) is 13.0 Å². The van der Waals surface area contributed by atoms with Crippen LogP contribution in [0.25, 0.3) is 21.9 Å². The average molecular weight is 344 g/mol. The van der Waals surface area contributed by atoms with Gasteiger partial charge in [0.05, 0.1) is 22.7 Å². The Morgan fingerprint density at radius 1 is 1.27 bits per heavy atom. The van der Waals surface area contributed by atoms with Crippen molar-refractivity contribution in [3.05, 3.63) is 64.6 Å². The number of aromatic amines is 2. The van der Waals surface area contributed by atoms with Gasteiger partial charge in [0.15, 0.2) is 0 Å². The highest BCUT2D eigenvalue weighted by atomic mass is 16.5. The number of benzene rings is 2. The van der Waals surface area contributed by atoms with Crippen molar-refractivity contribution in [2.45, 2.75) is 26.4 Å². The molecule has 5 heteroatoms. The zero-order valence-corrected chi connectivity index (χ0v) is 15.1. The van der Waals surface area contributed by atoms with Crippen molar-refractivity contribution in [2.24, 2.45) is 0 Å². The van der Waals surface area contributed by atoms with Crippen LogP contribution >= 0.6 is 0 Å². The molecule has 0 radical (unpaired) electrons. The summed E-state index contributed by atoms with van der Waals surface area (Å²) < 4.78 is 5.90. The molecule has 1 unspecified atom stereocenters. The van der Waals surface area contributed by atoms with Crippen LogP contribution in [0.4, 0.5) is 0 Å². The quantitative estimate of drug-likeness (QED) is 0.571. The molecule has 2 N–H and O–H groups in total. The van der Waals surface area contributed by atoms with Crippen molar-refractivity contribution in [1.29, 1.82) is 5.26 Å². The summed E-state index contributed by atoms with van der Waals surface area (Å²) in [6, 6.07) is 11.9. The number of aryl methyl sites for hydroxylation is 2. The lowest BCUT2D eigenvalue weighted by atomic mass is 9.93. The first-order chi connectivity index (χ1) is 12.7. The van der Waals surface area contributed by atoms with Crippen molar-refractivity contribution >= 4 is 21.9 Å². The number of imidazole rings is 1. The van der Waals surface area contributed by atoms with E-state index in [1.807, 2.05) is 18.3 Å². The van der Waals surface area contributed by atoms with Crippen molar-refractivity contribution in [2.75, 3.05) is 7.11 Å². The number of rotatable bonds is 4. The minimum Gasteiger partial charge on any atom is -0.369 e. The highest BCUT2D eigenvalue weighted by molar-refractivity contribution is 5.88. The van der Waals surface area contributed by atoms with Gasteiger partial charge in [-0.25, -0.2) is 4.98 Å². The summed E-state index contributed by atoms with van der Waals surface area (Å²) >= 11 is 0. The van der Waals surface area contributed by atoms with Gasteiger partial charge in [0, 0.05) is 29.8 Å². The molecule has 26 heavy (non-hydrogen) atoms. The largest absolute Gasteiger partial charge is 0.369 e. The fourth-order valence-corrected chi connectivity index (χ4v) is 3.70. The third-order valence-corrected chi connectivity index (χ3v) is 4.92. The summed E-state index contributed by atoms with van der Waals surface area (Å²) in [4.78, 5) is 11.4. The first-order valence-electron chi connectivity index (χ1n) is 8.68. The summed E-state index contributed by atoms with van der Waals surface area (Å²) in [5.74, 6) is 0.749. The Labute approximate surface area is 151 Å². The normalized spacial score (nSPS) is 12.5. The lowest BCUT2D eigenvalue weighted by Gasteiger charge is -2.19. The van der Waals surface area contributed by atoms with E-state index in [1.54, 1.807) is 13.2 Å². The van der Waals surface area contributed by atoms with Crippen LogP contribution in [0.5, 0.6) is 0 Å². The Hall–Kier alpha value is -3.10. The molecule has 0 aliphatic carbocycles. The monoisotopic (exact) mass is 344 g/mol. The number of ether oxygens (including phenoxy) is 1. The molecule has 5 nitrogen and oxygen atoms in total. The van der Waals surface area contributed by atoms with E-state index in [9.17, 15) is 0 Å². The molecule has 130 valence electrons. The molecule has 0 amide bonds. The summed E-state index contributed by atoms with van der Waals surface area (Å²) in [5.41, 5.74) is 7.02. The van der Waals surface area contributed by atoms with E-state index in [-0.39, 0.29) is 6.10 Å². The topological polar surface area (TPSA) is 77.5 Å².